The van der Waals surface area contributed by atoms with Crippen molar-refractivity contribution >= 4 is 20.2 Å². The van der Waals surface area contributed by atoms with Gasteiger partial charge in [-0.05, 0) is 35.4 Å². The molecule has 0 aromatic heterocycles. The fourth-order valence-electron chi connectivity index (χ4n) is 2.67. The van der Waals surface area contributed by atoms with E-state index in [1.807, 2.05) is 60.7 Å². The lowest BCUT2D eigenvalue weighted by Crippen LogP contribution is -2.07. The van der Waals surface area contributed by atoms with Gasteiger partial charge in [0.15, 0.2) is 0 Å². The monoisotopic (exact) mass is 444 g/mol. The average Bonchev–Trinajstić information content (AvgIpc) is 2.69. The van der Waals surface area contributed by atoms with Crippen molar-refractivity contribution in [3.63, 3.8) is 0 Å². The van der Waals surface area contributed by atoms with E-state index in [2.05, 4.69) is 0 Å². The van der Waals surface area contributed by atoms with Crippen LogP contribution in [0.5, 0.6) is 0 Å². The van der Waals surface area contributed by atoms with Gasteiger partial charge in [-0.15, -0.1) is 0 Å². The van der Waals surface area contributed by atoms with Crippen molar-refractivity contribution in [1.82, 2.24) is 0 Å². The summed E-state index contributed by atoms with van der Waals surface area (Å²) in [4.78, 5) is 0. The van der Waals surface area contributed by atoms with Crippen molar-refractivity contribution in [2.24, 2.45) is 0 Å². The first-order chi connectivity index (χ1) is 14.3. The van der Waals surface area contributed by atoms with Gasteiger partial charge in [0, 0.05) is 12.8 Å². The molecule has 0 bridgehead atoms. The van der Waals surface area contributed by atoms with Crippen LogP contribution in [0, 0.1) is 0 Å². The second kappa shape index (κ2) is 9.60. The summed E-state index contributed by atoms with van der Waals surface area (Å²) < 4.78 is 54.1. The fraction of sp³-hybridized carbons (Fsp3) is 0.0909. The SMILES string of the molecule is O=S1(=O)C=CC=C(Cc2ccccc2)O1.O=S1(=O)C=CC=C(Cc2ccccc2)O1. The van der Waals surface area contributed by atoms with E-state index < -0.39 is 20.2 Å². The molecule has 0 saturated heterocycles. The standard InChI is InChI=1S/2C11H10O3S/c2*12-15(13)8-4-7-11(14-15)9-10-5-2-1-3-6-10/h2*1-8H,9H2. The second-order valence-electron chi connectivity index (χ2n) is 6.40. The molecule has 0 amide bonds. The molecule has 6 nitrogen and oxygen atoms in total. The molecule has 2 aliphatic rings. The van der Waals surface area contributed by atoms with Gasteiger partial charge in [0.25, 0.3) is 0 Å². The average molecular weight is 445 g/mol. The molecule has 2 aliphatic heterocycles. The Labute approximate surface area is 176 Å². The highest BCUT2D eigenvalue weighted by Gasteiger charge is 2.14. The molecule has 0 unspecified atom stereocenters. The van der Waals surface area contributed by atoms with Gasteiger partial charge in [0.05, 0.1) is 10.8 Å². The smallest absolute Gasteiger partial charge is 0.331 e. The molecular weight excluding hydrogens is 424 g/mol. The van der Waals surface area contributed by atoms with Gasteiger partial charge >= 0.3 is 20.2 Å². The number of hydrogen-bond donors (Lipinski definition) is 0. The van der Waals surface area contributed by atoms with Gasteiger partial charge in [0.1, 0.15) is 11.5 Å². The molecule has 0 atom stereocenters. The zero-order chi connectivity index (χ0) is 21.5. The molecule has 2 aromatic rings. The first-order valence-corrected chi connectivity index (χ1v) is 12.0. The summed E-state index contributed by atoms with van der Waals surface area (Å²) in [5, 5.41) is 2.09. The third-order valence-electron chi connectivity index (χ3n) is 3.94. The van der Waals surface area contributed by atoms with Crippen molar-refractivity contribution < 1.29 is 25.2 Å². The minimum atomic E-state index is -3.50. The van der Waals surface area contributed by atoms with Crippen LogP contribution >= 0.6 is 0 Å². The van der Waals surface area contributed by atoms with Gasteiger partial charge in [-0.3, -0.25) is 0 Å². The van der Waals surface area contributed by atoms with Gasteiger partial charge in [-0.2, -0.15) is 16.8 Å². The molecule has 156 valence electrons. The second-order valence-corrected chi connectivity index (χ2v) is 9.25. The van der Waals surface area contributed by atoms with E-state index in [0.717, 1.165) is 21.9 Å². The van der Waals surface area contributed by atoms with Crippen LogP contribution in [0.3, 0.4) is 0 Å². The van der Waals surface area contributed by atoms with E-state index >= 15 is 0 Å². The van der Waals surface area contributed by atoms with Crippen molar-refractivity contribution in [3.8, 4) is 0 Å². The number of hydrogen-bond acceptors (Lipinski definition) is 6. The largest absolute Gasteiger partial charge is 0.384 e. The Balaban J connectivity index is 0.000000171. The highest BCUT2D eigenvalue weighted by Crippen LogP contribution is 2.17. The molecule has 0 N–H and O–H groups in total. The minimum absolute atomic E-state index is 0.448. The van der Waals surface area contributed by atoms with Gasteiger partial charge in [-0.25, -0.2) is 0 Å². The summed E-state index contributed by atoms with van der Waals surface area (Å²) in [5.74, 6) is 0.896. The van der Waals surface area contributed by atoms with E-state index in [1.165, 1.54) is 12.2 Å². The summed E-state index contributed by atoms with van der Waals surface area (Å²) in [7, 11) is -7.00. The van der Waals surface area contributed by atoms with Crippen molar-refractivity contribution in [2.75, 3.05) is 0 Å². The first kappa shape index (κ1) is 21.6. The van der Waals surface area contributed by atoms with Gasteiger partial charge in [-0.1, -0.05) is 60.7 Å². The molecule has 0 saturated carbocycles. The van der Waals surface area contributed by atoms with E-state index in [4.69, 9.17) is 8.37 Å². The molecule has 2 aromatic carbocycles. The number of allylic oxidation sites excluding steroid dienone is 6. The molecule has 0 spiro atoms. The van der Waals surface area contributed by atoms with E-state index in [-0.39, 0.29) is 0 Å². The molecule has 0 aliphatic carbocycles. The lowest BCUT2D eigenvalue weighted by atomic mass is 10.1. The van der Waals surface area contributed by atoms with Crippen LogP contribution in [-0.4, -0.2) is 16.8 Å². The van der Waals surface area contributed by atoms with Crippen molar-refractivity contribution in [2.45, 2.75) is 12.8 Å². The molecule has 30 heavy (non-hydrogen) atoms. The number of benzene rings is 2. The summed E-state index contributed by atoms with van der Waals surface area (Å²) in [6, 6.07) is 19.2. The van der Waals surface area contributed by atoms with Crippen LogP contribution in [0.2, 0.25) is 0 Å². The Morgan fingerprint density at radius 3 is 1.27 bits per heavy atom. The van der Waals surface area contributed by atoms with Crippen LogP contribution in [0.15, 0.2) is 107 Å². The maximum absolute atomic E-state index is 11.1. The summed E-state index contributed by atoms with van der Waals surface area (Å²) >= 11 is 0. The molecule has 4 rings (SSSR count). The van der Waals surface area contributed by atoms with Gasteiger partial charge < -0.3 is 8.37 Å². The summed E-state index contributed by atoms with van der Waals surface area (Å²) in [6.45, 7) is 0. The Morgan fingerprint density at radius 2 is 0.933 bits per heavy atom. The third-order valence-corrected chi connectivity index (χ3v) is 5.82. The quantitative estimate of drug-likeness (QED) is 0.663. The van der Waals surface area contributed by atoms with Crippen LogP contribution in [0.1, 0.15) is 11.1 Å². The van der Waals surface area contributed by atoms with Crippen LogP contribution in [0.25, 0.3) is 0 Å². The maximum atomic E-state index is 11.1. The Bertz CT molecular complexity index is 1090. The highest BCUT2D eigenvalue weighted by atomic mass is 32.2. The van der Waals surface area contributed by atoms with E-state index in [9.17, 15) is 16.8 Å². The normalized spacial score (nSPS) is 18.0. The van der Waals surface area contributed by atoms with Crippen LogP contribution in [0.4, 0.5) is 0 Å². The third kappa shape index (κ3) is 7.06. The van der Waals surface area contributed by atoms with E-state index in [0.29, 0.717) is 24.4 Å². The predicted molar refractivity (Wildman–Crippen MR) is 115 cm³/mol. The van der Waals surface area contributed by atoms with Crippen molar-refractivity contribution in [1.29, 1.82) is 0 Å². The zero-order valence-electron chi connectivity index (χ0n) is 15.9. The van der Waals surface area contributed by atoms with E-state index in [1.54, 1.807) is 12.2 Å². The van der Waals surface area contributed by atoms with Crippen LogP contribution in [-0.2, 0) is 41.4 Å². The molecule has 2 heterocycles. The minimum Gasteiger partial charge on any atom is -0.384 e. The zero-order valence-corrected chi connectivity index (χ0v) is 17.6. The fourth-order valence-corrected chi connectivity index (χ4v) is 4.14. The molecule has 8 heteroatoms. The Morgan fingerprint density at radius 1 is 0.567 bits per heavy atom. The summed E-state index contributed by atoms with van der Waals surface area (Å²) in [6.07, 6.45) is 7.27. The number of rotatable bonds is 4. The Hall–Kier alpha value is -3.10. The lowest BCUT2D eigenvalue weighted by molar-refractivity contribution is 0.402. The molecule has 0 radical (unpaired) electrons. The first-order valence-electron chi connectivity index (χ1n) is 9.03. The van der Waals surface area contributed by atoms with Crippen molar-refractivity contribution in [3.05, 3.63) is 118 Å². The molecule has 0 fully saturated rings. The maximum Gasteiger partial charge on any atom is 0.331 e. The topological polar surface area (TPSA) is 86.7 Å². The lowest BCUT2D eigenvalue weighted by Gasteiger charge is -2.10. The molecular formula is C22H20O6S2. The van der Waals surface area contributed by atoms with Crippen LogP contribution < -0.4 is 0 Å². The van der Waals surface area contributed by atoms with Gasteiger partial charge in [0.2, 0.25) is 0 Å². The Kier molecular flexibility index (Phi) is 6.91. The predicted octanol–water partition coefficient (Wildman–Crippen LogP) is 3.97. The highest BCUT2D eigenvalue weighted by molar-refractivity contribution is 7.90. The summed E-state index contributed by atoms with van der Waals surface area (Å²) in [5.41, 5.74) is 2.04.